The molecule has 2 aromatic carbocycles. The topological polar surface area (TPSA) is 58.6 Å². The summed E-state index contributed by atoms with van der Waals surface area (Å²) in [6.45, 7) is 0.436. The van der Waals surface area contributed by atoms with Gasteiger partial charge in [0.05, 0.1) is 12.1 Å². The molecule has 21 heavy (non-hydrogen) atoms. The smallest absolute Gasteiger partial charge is 0.255 e. The number of aromatic hydroxyl groups is 1. The van der Waals surface area contributed by atoms with E-state index in [0.29, 0.717) is 10.2 Å². The quantitative estimate of drug-likeness (QED) is 0.812. The molecule has 0 aromatic heterocycles. The Bertz CT molecular complexity index is 649. The number of hydrogen-bond donors (Lipinski definition) is 2. The van der Waals surface area contributed by atoms with E-state index in [2.05, 4.69) is 21.2 Å². The molecule has 2 N–H and O–H groups in total. The van der Waals surface area contributed by atoms with E-state index >= 15 is 0 Å². The van der Waals surface area contributed by atoms with Crippen molar-refractivity contribution in [3.05, 3.63) is 58.3 Å². The first-order valence-corrected chi connectivity index (χ1v) is 7.00. The highest BCUT2D eigenvalue weighted by Crippen LogP contribution is 2.21. The van der Waals surface area contributed by atoms with Crippen LogP contribution in [0.1, 0.15) is 10.4 Å². The standard InChI is InChI=1S/C15H13BrFNO3/c16-10-4-5-14(19)13(8-10)15(20)18-6-7-21-12-3-1-2-11(17)9-12/h1-5,8-9,19H,6-7H2,(H,18,20). The van der Waals surface area contributed by atoms with Gasteiger partial charge in [0.15, 0.2) is 0 Å². The lowest BCUT2D eigenvalue weighted by atomic mass is 10.2. The van der Waals surface area contributed by atoms with Crippen molar-refractivity contribution in [3.8, 4) is 11.5 Å². The van der Waals surface area contributed by atoms with Crippen molar-refractivity contribution in [3.63, 3.8) is 0 Å². The van der Waals surface area contributed by atoms with Crippen molar-refractivity contribution in [2.75, 3.05) is 13.2 Å². The van der Waals surface area contributed by atoms with Crippen LogP contribution >= 0.6 is 15.9 Å². The lowest BCUT2D eigenvalue weighted by molar-refractivity contribution is 0.0944. The van der Waals surface area contributed by atoms with E-state index < -0.39 is 5.91 Å². The van der Waals surface area contributed by atoms with Crippen LogP contribution in [0, 0.1) is 5.82 Å². The molecule has 4 nitrogen and oxygen atoms in total. The maximum absolute atomic E-state index is 12.9. The molecule has 1 amide bonds. The van der Waals surface area contributed by atoms with Crippen LogP contribution in [0.3, 0.4) is 0 Å². The number of phenols is 1. The average Bonchev–Trinajstić information content (AvgIpc) is 2.46. The Morgan fingerprint density at radius 3 is 2.86 bits per heavy atom. The Morgan fingerprint density at radius 2 is 2.10 bits per heavy atom. The summed E-state index contributed by atoms with van der Waals surface area (Å²) in [6.07, 6.45) is 0. The van der Waals surface area contributed by atoms with Crippen LogP contribution < -0.4 is 10.1 Å². The van der Waals surface area contributed by atoms with Crippen molar-refractivity contribution in [2.45, 2.75) is 0 Å². The summed E-state index contributed by atoms with van der Waals surface area (Å²) in [7, 11) is 0. The van der Waals surface area contributed by atoms with E-state index in [1.54, 1.807) is 18.2 Å². The van der Waals surface area contributed by atoms with Gasteiger partial charge in [0.25, 0.3) is 5.91 Å². The lowest BCUT2D eigenvalue weighted by Crippen LogP contribution is -2.28. The number of rotatable bonds is 5. The van der Waals surface area contributed by atoms with E-state index in [-0.39, 0.29) is 30.3 Å². The minimum Gasteiger partial charge on any atom is -0.507 e. The summed E-state index contributed by atoms with van der Waals surface area (Å²) in [4.78, 5) is 11.9. The molecule has 0 radical (unpaired) electrons. The molecule has 2 aromatic rings. The molecule has 110 valence electrons. The van der Waals surface area contributed by atoms with Gasteiger partial charge in [-0.15, -0.1) is 0 Å². The maximum Gasteiger partial charge on any atom is 0.255 e. The van der Waals surface area contributed by atoms with E-state index in [4.69, 9.17) is 4.74 Å². The summed E-state index contributed by atoms with van der Waals surface area (Å²) in [5, 5.41) is 12.2. The Morgan fingerprint density at radius 1 is 1.29 bits per heavy atom. The van der Waals surface area contributed by atoms with Crippen LogP contribution in [-0.2, 0) is 0 Å². The van der Waals surface area contributed by atoms with Gasteiger partial charge >= 0.3 is 0 Å². The minimum absolute atomic E-state index is 0.0956. The highest BCUT2D eigenvalue weighted by atomic mass is 79.9. The molecule has 0 saturated carbocycles. The molecule has 0 aliphatic heterocycles. The number of amides is 1. The van der Waals surface area contributed by atoms with Gasteiger partial charge < -0.3 is 15.2 Å². The summed E-state index contributed by atoms with van der Waals surface area (Å²) >= 11 is 3.23. The van der Waals surface area contributed by atoms with Gasteiger partial charge in [-0.25, -0.2) is 4.39 Å². The normalized spacial score (nSPS) is 10.2. The first-order valence-electron chi connectivity index (χ1n) is 6.21. The average molecular weight is 354 g/mol. The molecule has 0 aliphatic carbocycles. The van der Waals surface area contributed by atoms with Gasteiger partial charge in [0, 0.05) is 10.5 Å². The Hall–Kier alpha value is -2.08. The molecule has 2 rings (SSSR count). The fourth-order valence-electron chi connectivity index (χ4n) is 1.68. The number of halogens is 2. The second-order valence-corrected chi connectivity index (χ2v) is 5.14. The minimum atomic E-state index is -0.406. The number of hydrogen-bond acceptors (Lipinski definition) is 3. The third-order valence-corrected chi connectivity index (χ3v) is 3.15. The summed E-state index contributed by atoms with van der Waals surface area (Å²) in [6, 6.07) is 10.4. The number of nitrogens with one attached hydrogen (secondary N) is 1. The number of carbonyl (C=O) groups excluding carboxylic acids is 1. The second kappa shape index (κ2) is 7.08. The molecular formula is C15H13BrFNO3. The first-order chi connectivity index (χ1) is 10.1. The third kappa shape index (κ3) is 4.46. The highest BCUT2D eigenvalue weighted by Gasteiger charge is 2.10. The number of benzene rings is 2. The van der Waals surface area contributed by atoms with Crippen LogP contribution in [0.5, 0.6) is 11.5 Å². The highest BCUT2D eigenvalue weighted by molar-refractivity contribution is 9.10. The summed E-state index contributed by atoms with van der Waals surface area (Å²) in [5.74, 6) is -0.483. The fraction of sp³-hybridized carbons (Fsp3) is 0.133. The molecule has 0 bridgehead atoms. The van der Waals surface area contributed by atoms with Crippen molar-refractivity contribution >= 4 is 21.8 Å². The SMILES string of the molecule is O=C(NCCOc1cccc(F)c1)c1cc(Br)ccc1O. The summed E-state index contributed by atoms with van der Waals surface area (Å²) < 4.78 is 18.9. The van der Waals surface area contributed by atoms with Crippen molar-refractivity contribution in [1.82, 2.24) is 5.32 Å². The predicted octanol–water partition coefficient (Wildman–Crippen LogP) is 3.10. The van der Waals surface area contributed by atoms with Crippen LogP contribution in [0.4, 0.5) is 4.39 Å². The van der Waals surface area contributed by atoms with Crippen molar-refractivity contribution < 1.29 is 19.0 Å². The van der Waals surface area contributed by atoms with E-state index in [1.807, 2.05) is 0 Å². The predicted molar refractivity (Wildman–Crippen MR) is 80.0 cm³/mol. The van der Waals surface area contributed by atoms with Gasteiger partial charge in [-0.1, -0.05) is 22.0 Å². The summed E-state index contributed by atoms with van der Waals surface area (Å²) in [5.41, 5.74) is 0.176. The molecule has 0 saturated heterocycles. The monoisotopic (exact) mass is 353 g/mol. The zero-order valence-electron chi connectivity index (χ0n) is 11.0. The Balaban J connectivity index is 1.83. The van der Waals surface area contributed by atoms with Crippen LogP contribution in [0.25, 0.3) is 0 Å². The van der Waals surface area contributed by atoms with Crippen LogP contribution in [-0.4, -0.2) is 24.2 Å². The first kappa shape index (κ1) is 15.3. The largest absolute Gasteiger partial charge is 0.507 e. The molecular weight excluding hydrogens is 341 g/mol. The van der Waals surface area contributed by atoms with Crippen molar-refractivity contribution in [2.24, 2.45) is 0 Å². The van der Waals surface area contributed by atoms with Gasteiger partial charge in [-0.3, -0.25) is 4.79 Å². The van der Waals surface area contributed by atoms with Gasteiger partial charge in [-0.2, -0.15) is 0 Å². The third-order valence-electron chi connectivity index (χ3n) is 2.66. The molecule has 0 spiro atoms. The van der Waals surface area contributed by atoms with Crippen LogP contribution in [0.2, 0.25) is 0 Å². The van der Waals surface area contributed by atoms with E-state index in [9.17, 15) is 14.3 Å². The molecule has 0 aliphatic rings. The Labute approximate surface area is 129 Å². The Kier molecular flexibility index (Phi) is 5.16. The molecule has 6 heteroatoms. The van der Waals surface area contributed by atoms with Gasteiger partial charge in [0.1, 0.15) is 23.9 Å². The zero-order valence-corrected chi connectivity index (χ0v) is 12.6. The lowest BCUT2D eigenvalue weighted by Gasteiger charge is -2.09. The maximum atomic E-state index is 12.9. The number of ether oxygens (including phenoxy) is 1. The van der Waals surface area contributed by atoms with Crippen molar-refractivity contribution in [1.29, 1.82) is 0 Å². The van der Waals surface area contributed by atoms with E-state index in [0.717, 1.165) is 0 Å². The molecule has 0 atom stereocenters. The van der Waals surface area contributed by atoms with Gasteiger partial charge in [-0.05, 0) is 30.3 Å². The van der Waals surface area contributed by atoms with Gasteiger partial charge in [0.2, 0.25) is 0 Å². The zero-order chi connectivity index (χ0) is 15.2. The fourth-order valence-corrected chi connectivity index (χ4v) is 2.04. The molecule has 0 fully saturated rings. The number of carbonyl (C=O) groups is 1. The second-order valence-electron chi connectivity index (χ2n) is 4.22. The van der Waals surface area contributed by atoms with Crippen LogP contribution in [0.15, 0.2) is 46.9 Å². The number of phenolic OH excluding ortho intramolecular Hbond substituents is 1. The molecule has 0 heterocycles. The molecule has 0 unspecified atom stereocenters. The van der Waals surface area contributed by atoms with E-state index in [1.165, 1.54) is 24.3 Å².